The number of rotatable bonds is 13. The summed E-state index contributed by atoms with van der Waals surface area (Å²) in [6.45, 7) is 12.0. The van der Waals surface area contributed by atoms with E-state index in [4.69, 9.17) is 0 Å². The van der Waals surface area contributed by atoms with Crippen LogP contribution in [0, 0.1) is 50.2 Å². The molecule has 3 aromatic rings. The van der Waals surface area contributed by atoms with Crippen molar-refractivity contribution in [2.24, 2.45) is 17.8 Å². The van der Waals surface area contributed by atoms with Gasteiger partial charge in [0.1, 0.15) is 23.4 Å². The van der Waals surface area contributed by atoms with Gasteiger partial charge < -0.3 is 20.6 Å². The predicted molar refractivity (Wildman–Crippen MR) is 180 cm³/mol. The quantitative estimate of drug-likeness (QED) is 0.198. The van der Waals surface area contributed by atoms with Crippen LogP contribution >= 0.6 is 0 Å². The molecule has 8 nitrogen and oxygen atoms in total. The minimum absolute atomic E-state index is 0.000701. The van der Waals surface area contributed by atoms with Crippen LogP contribution in [0.25, 0.3) is 11.1 Å². The molecule has 0 unspecified atom stereocenters. The molecule has 2 saturated heterocycles. The van der Waals surface area contributed by atoms with E-state index in [1.54, 1.807) is 39.0 Å². The number of halogens is 2. The summed E-state index contributed by atoms with van der Waals surface area (Å²) in [7, 11) is 0. The summed E-state index contributed by atoms with van der Waals surface area (Å²) in [5.41, 5.74) is 3.81. The van der Waals surface area contributed by atoms with Crippen LogP contribution in [0.1, 0.15) is 84.0 Å². The summed E-state index contributed by atoms with van der Waals surface area (Å²) in [4.78, 5) is 46.2. The number of carboxylic acid groups (broad SMARTS) is 1. The van der Waals surface area contributed by atoms with Crippen LogP contribution in [-0.2, 0) is 16.0 Å². The van der Waals surface area contributed by atoms with Crippen LogP contribution in [-0.4, -0.2) is 58.5 Å². The van der Waals surface area contributed by atoms with Crippen molar-refractivity contribution in [3.63, 3.8) is 0 Å². The number of carbonyl (C=O) groups excluding carboxylic acids is 2. The van der Waals surface area contributed by atoms with Gasteiger partial charge in [0.25, 0.3) is 5.91 Å². The Bertz CT molecular complexity index is 1650. The number of carbonyl (C=O) groups is 3. The van der Waals surface area contributed by atoms with Gasteiger partial charge in [-0.3, -0.25) is 14.4 Å². The van der Waals surface area contributed by atoms with E-state index in [2.05, 4.69) is 20.5 Å². The molecule has 3 fully saturated rings. The van der Waals surface area contributed by atoms with Gasteiger partial charge in [-0.05, 0) is 122 Å². The highest BCUT2D eigenvalue weighted by atomic mass is 19.1. The van der Waals surface area contributed by atoms with E-state index in [1.165, 1.54) is 31.0 Å². The molecule has 0 spiro atoms. The maximum Gasteiger partial charge on any atom is 0.305 e. The van der Waals surface area contributed by atoms with Gasteiger partial charge in [-0.2, -0.15) is 0 Å². The molecule has 1 aliphatic carbocycles. The molecule has 2 bridgehead atoms. The molecule has 10 heteroatoms. The van der Waals surface area contributed by atoms with E-state index in [1.807, 2.05) is 19.9 Å². The molecule has 3 N–H and O–H groups in total. The van der Waals surface area contributed by atoms with Gasteiger partial charge in [0.05, 0.1) is 12.5 Å². The molecular formula is C38H46F2N4O4. The van der Waals surface area contributed by atoms with Gasteiger partial charge >= 0.3 is 5.97 Å². The number of piperidine rings is 2. The molecule has 2 aromatic carbocycles. The highest BCUT2D eigenvalue weighted by Gasteiger charge is 2.36. The second-order valence-electron chi connectivity index (χ2n) is 14.2. The Labute approximate surface area is 281 Å². The van der Waals surface area contributed by atoms with Crippen molar-refractivity contribution in [3.8, 4) is 11.1 Å². The Balaban J connectivity index is 1.34. The number of hydrogen-bond acceptors (Lipinski definition) is 5. The highest BCUT2D eigenvalue weighted by molar-refractivity contribution is 5.96. The van der Waals surface area contributed by atoms with E-state index < -0.39 is 47.9 Å². The Morgan fingerprint density at radius 3 is 2.25 bits per heavy atom. The number of pyridine rings is 1. The lowest BCUT2D eigenvalue weighted by atomic mass is 9.71. The fourth-order valence-electron chi connectivity index (χ4n) is 7.36. The Morgan fingerprint density at radius 2 is 1.62 bits per heavy atom. The number of aryl methyl sites for hydroxylation is 3. The van der Waals surface area contributed by atoms with Crippen LogP contribution < -0.4 is 10.6 Å². The molecule has 3 aliphatic rings. The smallest absolute Gasteiger partial charge is 0.305 e. The standard InChI is InChI=1S/C38H46F2N4O4/c1-21(2)11-33(43-37(47)31-8-6-7-29(41-31)9-10-44-19-25-15-26(16-25)20-44)38(48)42-32(18-34(45)46)30-17-27(12-24(5)36(30)40)35-22(3)13-28(39)14-23(35)4/h6-8,12-14,17,21,25-26,32-33H,9-11,15-16,18-20H2,1-5H3,(H,42,48)(H,43,47)(H,45,46)/t25?,26?,32-,33-/m0/s1. The van der Waals surface area contributed by atoms with Gasteiger partial charge in [0, 0.05) is 37.3 Å². The van der Waals surface area contributed by atoms with Crippen molar-refractivity contribution in [2.75, 3.05) is 19.6 Å². The van der Waals surface area contributed by atoms with Crippen molar-refractivity contribution in [3.05, 3.63) is 87.7 Å². The monoisotopic (exact) mass is 660 g/mol. The van der Waals surface area contributed by atoms with Crippen molar-refractivity contribution in [2.45, 2.75) is 78.8 Å². The third kappa shape index (κ3) is 8.45. The average molecular weight is 661 g/mol. The van der Waals surface area contributed by atoms with Crippen molar-refractivity contribution < 1.29 is 28.3 Å². The number of fused-ring (bicyclic) bond motifs is 2. The molecule has 1 saturated carbocycles. The third-order valence-corrected chi connectivity index (χ3v) is 9.56. The first-order chi connectivity index (χ1) is 22.8. The Morgan fingerprint density at radius 1 is 0.958 bits per heavy atom. The topological polar surface area (TPSA) is 112 Å². The van der Waals surface area contributed by atoms with Gasteiger partial charge in [-0.25, -0.2) is 13.8 Å². The fraction of sp³-hybridized carbons (Fsp3) is 0.474. The lowest BCUT2D eigenvalue weighted by Gasteiger charge is -2.47. The van der Waals surface area contributed by atoms with E-state index in [9.17, 15) is 23.9 Å². The molecular weight excluding hydrogens is 614 g/mol. The number of benzene rings is 2. The maximum atomic E-state index is 15.7. The average Bonchev–Trinajstić information content (AvgIpc) is 3.00. The zero-order valence-electron chi connectivity index (χ0n) is 28.4. The van der Waals surface area contributed by atoms with E-state index in [-0.39, 0.29) is 29.2 Å². The number of aromatic nitrogens is 1. The summed E-state index contributed by atoms with van der Waals surface area (Å²) in [5.74, 6) is -1.80. The second kappa shape index (κ2) is 14.9. The van der Waals surface area contributed by atoms with Gasteiger partial charge in [0.2, 0.25) is 5.91 Å². The first-order valence-electron chi connectivity index (χ1n) is 16.9. The zero-order chi connectivity index (χ0) is 34.7. The number of nitrogens with one attached hydrogen (secondary N) is 2. The van der Waals surface area contributed by atoms with Crippen LogP contribution in [0.4, 0.5) is 8.78 Å². The maximum absolute atomic E-state index is 15.7. The summed E-state index contributed by atoms with van der Waals surface area (Å²) >= 11 is 0. The minimum Gasteiger partial charge on any atom is -0.481 e. The van der Waals surface area contributed by atoms with Crippen LogP contribution in [0.5, 0.6) is 0 Å². The fourth-order valence-corrected chi connectivity index (χ4v) is 7.36. The predicted octanol–water partition coefficient (Wildman–Crippen LogP) is 6.31. The number of amides is 2. The summed E-state index contributed by atoms with van der Waals surface area (Å²) < 4.78 is 29.8. The molecule has 2 atom stereocenters. The summed E-state index contributed by atoms with van der Waals surface area (Å²) in [6, 6.07) is 8.96. The van der Waals surface area contributed by atoms with E-state index >= 15 is 4.39 Å². The Kier molecular flexibility index (Phi) is 10.9. The molecule has 2 aliphatic heterocycles. The molecule has 48 heavy (non-hydrogen) atoms. The van der Waals surface area contributed by atoms with Crippen molar-refractivity contribution >= 4 is 17.8 Å². The Hall–Kier alpha value is -4.18. The molecule has 2 amide bonds. The normalized spacial score (nSPS) is 18.6. The number of hydrogen-bond donors (Lipinski definition) is 3. The molecule has 3 heterocycles. The first kappa shape index (κ1) is 35.1. The van der Waals surface area contributed by atoms with Crippen molar-refractivity contribution in [1.29, 1.82) is 0 Å². The number of carboxylic acids is 1. The molecule has 256 valence electrons. The molecule has 1 aromatic heterocycles. The van der Waals surface area contributed by atoms with Gasteiger partial charge in [0.15, 0.2) is 0 Å². The summed E-state index contributed by atoms with van der Waals surface area (Å²) in [6.07, 6.45) is 3.07. The molecule has 0 radical (unpaired) electrons. The van der Waals surface area contributed by atoms with Crippen LogP contribution in [0.3, 0.4) is 0 Å². The lowest BCUT2D eigenvalue weighted by Crippen LogP contribution is -2.49. The number of nitrogens with zero attached hydrogens (tertiary/aromatic N) is 2. The first-order valence-corrected chi connectivity index (χ1v) is 16.9. The van der Waals surface area contributed by atoms with Crippen LogP contribution in [0.2, 0.25) is 0 Å². The van der Waals surface area contributed by atoms with Gasteiger partial charge in [-0.15, -0.1) is 0 Å². The zero-order valence-corrected chi connectivity index (χ0v) is 28.4. The highest BCUT2D eigenvalue weighted by Crippen LogP contribution is 2.39. The summed E-state index contributed by atoms with van der Waals surface area (Å²) in [5, 5.41) is 15.3. The largest absolute Gasteiger partial charge is 0.481 e. The third-order valence-electron chi connectivity index (χ3n) is 9.56. The van der Waals surface area contributed by atoms with E-state index in [0.717, 1.165) is 37.2 Å². The molecule has 6 rings (SSSR count). The lowest BCUT2D eigenvalue weighted by molar-refractivity contribution is -0.137. The second-order valence-corrected chi connectivity index (χ2v) is 14.2. The minimum atomic E-state index is -1.23. The van der Waals surface area contributed by atoms with Crippen LogP contribution in [0.15, 0.2) is 42.5 Å². The van der Waals surface area contributed by atoms with Gasteiger partial charge in [-0.1, -0.05) is 19.9 Å². The number of aliphatic carboxylic acids is 1. The van der Waals surface area contributed by atoms with Crippen molar-refractivity contribution in [1.82, 2.24) is 20.5 Å². The van der Waals surface area contributed by atoms with E-state index in [0.29, 0.717) is 28.7 Å². The SMILES string of the molecule is Cc1cc(-c2c(C)cc(F)cc2C)cc([C@H](CC(=O)O)NC(=O)[C@H](CC(C)C)NC(=O)c2cccc(CCN3CC4CC(C4)C3)n2)c1F.